The Labute approximate surface area is 121 Å². The van der Waals surface area contributed by atoms with E-state index in [9.17, 15) is 4.79 Å². The number of carbonyl (C=O) groups is 1. The Morgan fingerprint density at radius 1 is 1.20 bits per heavy atom. The molecular weight excluding hydrogens is 252 g/mol. The summed E-state index contributed by atoms with van der Waals surface area (Å²) in [4.78, 5) is 15.8. The molecule has 1 aromatic heterocycles. The van der Waals surface area contributed by atoms with Crippen LogP contribution < -0.4 is 5.32 Å². The first-order valence-electron chi connectivity index (χ1n) is 7.49. The summed E-state index contributed by atoms with van der Waals surface area (Å²) in [5.41, 5.74) is 1.22. The third-order valence-electron chi connectivity index (χ3n) is 3.33. The Kier molecular flexibility index (Phi) is 7.70. The van der Waals surface area contributed by atoms with Gasteiger partial charge in [0.25, 0.3) is 0 Å². The summed E-state index contributed by atoms with van der Waals surface area (Å²) in [6, 6.07) is 3.59. The number of rotatable bonds is 9. The lowest BCUT2D eigenvalue weighted by atomic mass is 10.1. The van der Waals surface area contributed by atoms with Crippen LogP contribution in [0.4, 0.5) is 5.82 Å². The fourth-order valence-corrected chi connectivity index (χ4v) is 2.11. The number of unbranched alkanes of at least 4 members (excludes halogenated alkanes) is 5. The van der Waals surface area contributed by atoms with E-state index in [4.69, 9.17) is 4.74 Å². The van der Waals surface area contributed by atoms with Crippen LogP contribution in [0.5, 0.6) is 0 Å². The van der Waals surface area contributed by atoms with E-state index in [-0.39, 0.29) is 5.97 Å². The number of aromatic nitrogens is 1. The van der Waals surface area contributed by atoms with Crippen molar-refractivity contribution >= 4 is 11.8 Å². The van der Waals surface area contributed by atoms with Crippen LogP contribution in [0.25, 0.3) is 0 Å². The number of ether oxygens (including phenoxy) is 1. The second-order valence-corrected chi connectivity index (χ2v) is 5.02. The number of methoxy groups -OCH3 is 1. The highest BCUT2D eigenvalue weighted by molar-refractivity contribution is 5.90. The standard InChI is InChI=1S/C16H26N2O2/c1-4-5-6-7-8-9-12-17-15-11-10-14(13(2)18-15)16(19)20-3/h10-11H,4-9,12H2,1-3H3,(H,17,18). The van der Waals surface area contributed by atoms with Crippen LogP contribution in [-0.4, -0.2) is 24.6 Å². The maximum Gasteiger partial charge on any atom is 0.339 e. The molecular formula is C16H26N2O2. The van der Waals surface area contributed by atoms with Crippen LogP contribution in [0.2, 0.25) is 0 Å². The van der Waals surface area contributed by atoms with Gasteiger partial charge in [0.15, 0.2) is 0 Å². The first-order chi connectivity index (χ1) is 9.69. The monoisotopic (exact) mass is 278 g/mol. The number of hydrogen-bond donors (Lipinski definition) is 1. The minimum absolute atomic E-state index is 0.336. The molecule has 112 valence electrons. The quantitative estimate of drug-likeness (QED) is 0.549. The van der Waals surface area contributed by atoms with Crippen LogP contribution in [0.3, 0.4) is 0 Å². The van der Waals surface area contributed by atoms with Gasteiger partial charge in [-0.15, -0.1) is 0 Å². The molecule has 0 radical (unpaired) electrons. The van der Waals surface area contributed by atoms with E-state index in [0.717, 1.165) is 18.8 Å². The number of carbonyl (C=O) groups excluding carboxylic acids is 1. The molecule has 0 aromatic carbocycles. The summed E-state index contributed by atoms with van der Waals surface area (Å²) in [5.74, 6) is 0.487. The third kappa shape index (κ3) is 5.59. The van der Waals surface area contributed by atoms with Crippen LogP contribution in [-0.2, 0) is 4.74 Å². The number of esters is 1. The van der Waals surface area contributed by atoms with Gasteiger partial charge in [-0.1, -0.05) is 39.0 Å². The summed E-state index contributed by atoms with van der Waals surface area (Å²) in [6.45, 7) is 4.98. The minimum atomic E-state index is -0.336. The van der Waals surface area contributed by atoms with Crippen LogP contribution in [0, 0.1) is 6.92 Å². The molecule has 20 heavy (non-hydrogen) atoms. The van der Waals surface area contributed by atoms with Gasteiger partial charge in [0.05, 0.1) is 18.4 Å². The summed E-state index contributed by atoms with van der Waals surface area (Å²) in [5, 5.41) is 3.30. The Bertz CT molecular complexity index is 419. The molecule has 0 atom stereocenters. The lowest BCUT2D eigenvalue weighted by Crippen LogP contribution is -2.08. The molecule has 0 spiro atoms. The van der Waals surface area contributed by atoms with Gasteiger partial charge >= 0.3 is 5.97 Å². The van der Waals surface area contributed by atoms with Crippen molar-refractivity contribution in [2.24, 2.45) is 0 Å². The zero-order valence-corrected chi connectivity index (χ0v) is 12.9. The molecule has 0 amide bonds. The summed E-state index contributed by atoms with van der Waals surface area (Å²) < 4.78 is 4.70. The van der Waals surface area contributed by atoms with Gasteiger partial charge < -0.3 is 10.1 Å². The predicted octanol–water partition coefficient (Wildman–Crippen LogP) is 3.95. The average Bonchev–Trinajstić information content (AvgIpc) is 2.45. The van der Waals surface area contributed by atoms with Gasteiger partial charge in [-0.3, -0.25) is 0 Å². The smallest absolute Gasteiger partial charge is 0.339 e. The average molecular weight is 278 g/mol. The van der Waals surface area contributed by atoms with Crippen molar-refractivity contribution in [2.45, 2.75) is 52.4 Å². The molecule has 0 bridgehead atoms. The van der Waals surface area contributed by atoms with Crippen molar-refractivity contribution in [2.75, 3.05) is 19.0 Å². The lowest BCUT2D eigenvalue weighted by Gasteiger charge is -2.08. The van der Waals surface area contributed by atoms with E-state index in [1.54, 1.807) is 6.07 Å². The van der Waals surface area contributed by atoms with Gasteiger partial charge in [0, 0.05) is 6.54 Å². The van der Waals surface area contributed by atoms with E-state index >= 15 is 0 Å². The van der Waals surface area contributed by atoms with Crippen molar-refractivity contribution in [3.05, 3.63) is 23.4 Å². The Morgan fingerprint density at radius 3 is 2.55 bits per heavy atom. The Morgan fingerprint density at radius 2 is 1.90 bits per heavy atom. The molecule has 0 saturated carbocycles. The minimum Gasteiger partial charge on any atom is -0.465 e. The van der Waals surface area contributed by atoms with E-state index in [1.165, 1.54) is 39.2 Å². The molecule has 0 saturated heterocycles. The molecule has 0 aliphatic heterocycles. The van der Waals surface area contributed by atoms with E-state index < -0.39 is 0 Å². The van der Waals surface area contributed by atoms with E-state index in [1.807, 2.05) is 13.0 Å². The van der Waals surface area contributed by atoms with Crippen molar-refractivity contribution in [1.82, 2.24) is 4.98 Å². The molecule has 1 rings (SSSR count). The maximum atomic E-state index is 11.4. The van der Waals surface area contributed by atoms with Crippen LogP contribution in [0.15, 0.2) is 12.1 Å². The number of pyridine rings is 1. The Balaban J connectivity index is 2.31. The summed E-state index contributed by atoms with van der Waals surface area (Å²) >= 11 is 0. The number of aryl methyl sites for hydroxylation is 1. The predicted molar refractivity (Wildman–Crippen MR) is 82.2 cm³/mol. The van der Waals surface area contributed by atoms with Crippen molar-refractivity contribution in [3.8, 4) is 0 Å². The maximum absolute atomic E-state index is 11.4. The zero-order chi connectivity index (χ0) is 14.8. The molecule has 4 nitrogen and oxygen atoms in total. The molecule has 1 N–H and O–H groups in total. The molecule has 0 aliphatic rings. The molecule has 1 aromatic rings. The molecule has 4 heteroatoms. The van der Waals surface area contributed by atoms with Crippen molar-refractivity contribution in [3.63, 3.8) is 0 Å². The van der Waals surface area contributed by atoms with Crippen molar-refractivity contribution in [1.29, 1.82) is 0 Å². The Hall–Kier alpha value is -1.58. The lowest BCUT2D eigenvalue weighted by molar-refractivity contribution is 0.0599. The van der Waals surface area contributed by atoms with Gasteiger partial charge in [0.1, 0.15) is 5.82 Å². The zero-order valence-electron chi connectivity index (χ0n) is 12.9. The number of nitrogens with one attached hydrogen (secondary N) is 1. The van der Waals surface area contributed by atoms with E-state index in [2.05, 4.69) is 17.2 Å². The van der Waals surface area contributed by atoms with Crippen LogP contribution >= 0.6 is 0 Å². The summed E-state index contributed by atoms with van der Waals surface area (Å²) in [7, 11) is 1.38. The SMILES string of the molecule is CCCCCCCCNc1ccc(C(=O)OC)c(C)n1. The van der Waals surface area contributed by atoms with Crippen molar-refractivity contribution < 1.29 is 9.53 Å². The van der Waals surface area contributed by atoms with Crippen LogP contribution in [0.1, 0.15) is 61.5 Å². The highest BCUT2D eigenvalue weighted by Gasteiger charge is 2.10. The molecule has 0 unspecified atom stereocenters. The second kappa shape index (κ2) is 9.34. The van der Waals surface area contributed by atoms with Gasteiger partial charge in [-0.2, -0.15) is 0 Å². The molecule has 0 fully saturated rings. The van der Waals surface area contributed by atoms with E-state index in [0.29, 0.717) is 11.3 Å². The first kappa shape index (κ1) is 16.5. The van der Waals surface area contributed by atoms with Gasteiger partial charge in [-0.05, 0) is 25.5 Å². The molecule has 0 aliphatic carbocycles. The molecule has 1 heterocycles. The highest BCUT2D eigenvalue weighted by atomic mass is 16.5. The number of anilines is 1. The third-order valence-corrected chi connectivity index (χ3v) is 3.33. The van der Waals surface area contributed by atoms with Gasteiger partial charge in [-0.25, -0.2) is 9.78 Å². The summed E-state index contributed by atoms with van der Waals surface area (Å²) in [6.07, 6.45) is 7.68. The first-order valence-corrected chi connectivity index (χ1v) is 7.49. The fraction of sp³-hybridized carbons (Fsp3) is 0.625. The highest BCUT2D eigenvalue weighted by Crippen LogP contribution is 2.12. The number of nitrogens with zero attached hydrogens (tertiary/aromatic N) is 1. The van der Waals surface area contributed by atoms with Gasteiger partial charge in [0.2, 0.25) is 0 Å². The second-order valence-electron chi connectivity index (χ2n) is 5.02. The topological polar surface area (TPSA) is 51.2 Å². The fourth-order valence-electron chi connectivity index (χ4n) is 2.11. The number of hydrogen-bond acceptors (Lipinski definition) is 4. The normalized spacial score (nSPS) is 10.3. The largest absolute Gasteiger partial charge is 0.465 e.